The summed E-state index contributed by atoms with van der Waals surface area (Å²) in [5.41, 5.74) is 1.63. The molecule has 1 aromatic rings. The van der Waals surface area contributed by atoms with Crippen LogP contribution in [0, 0.1) is 11.8 Å². The largest absolute Gasteiger partial charge is 0.497 e. The Bertz CT molecular complexity index is 961. The molecule has 3 atom stereocenters. The van der Waals surface area contributed by atoms with Crippen molar-refractivity contribution < 1.29 is 28.0 Å². The van der Waals surface area contributed by atoms with E-state index in [2.05, 4.69) is 0 Å². The van der Waals surface area contributed by atoms with E-state index in [0.717, 1.165) is 6.42 Å². The van der Waals surface area contributed by atoms with E-state index in [0.29, 0.717) is 37.5 Å². The number of hydroxylamine groups is 1. The first-order chi connectivity index (χ1) is 15.8. The molecule has 0 aromatic heterocycles. The van der Waals surface area contributed by atoms with E-state index in [1.165, 1.54) is 49.2 Å². The van der Waals surface area contributed by atoms with Crippen molar-refractivity contribution in [2.45, 2.75) is 68.3 Å². The number of rotatable bonds is 7. The number of fused-ring (bicyclic) bond motifs is 1. The second kappa shape index (κ2) is 9.99. The number of nitrogens with zero attached hydrogens (tertiary/aromatic N) is 2. The molecular weight excluding hydrogens is 446 g/mol. The molecule has 0 bridgehead atoms. The fourth-order valence-corrected chi connectivity index (χ4v) is 7.52. The summed E-state index contributed by atoms with van der Waals surface area (Å²) in [6, 6.07) is 4.47. The van der Waals surface area contributed by atoms with Crippen LogP contribution >= 0.6 is 0 Å². The van der Waals surface area contributed by atoms with Crippen LogP contribution in [-0.4, -0.2) is 66.9 Å². The van der Waals surface area contributed by atoms with E-state index >= 15 is 0 Å². The van der Waals surface area contributed by atoms with Gasteiger partial charge in [0.05, 0.1) is 12.0 Å². The Morgan fingerprint density at radius 1 is 1.15 bits per heavy atom. The fraction of sp³-hybridized carbons (Fsp3) is 0.652. The van der Waals surface area contributed by atoms with Crippen molar-refractivity contribution >= 4 is 21.8 Å². The standard InChI is InChI=1S/C23H33N3O6S/c1-32-18-7-9-19(10-8-18)33(30,31)26-20(23(28)24-29)14-17-12-13-25(15-21(17)26)22(27)11-6-16-4-2-3-5-16/h7-10,16-17,20-21,29H,2-6,11-15H2,1H3,(H,24,28)/t17?,20-,21?/m0/s1. The summed E-state index contributed by atoms with van der Waals surface area (Å²) in [6.45, 7) is 0.827. The minimum atomic E-state index is -4.04. The molecule has 0 spiro atoms. The van der Waals surface area contributed by atoms with Gasteiger partial charge in [0, 0.05) is 25.6 Å². The molecule has 33 heavy (non-hydrogen) atoms. The Hall–Kier alpha value is -2.17. The van der Waals surface area contributed by atoms with Crippen LogP contribution in [0.4, 0.5) is 0 Å². The van der Waals surface area contributed by atoms with Crippen LogP contribution in [0.5, 0.6) is 5.75 Å². The Balaban J connectivity index is 1.55. The number of ether oxygens (including phenoxy) is 1. The number of nitrogens with one attached hydrogen (secondary N) is 1. The van der Waals surface area contributed by atoms with Gasteiger partial charge in [-0.05, 0) is 55.4 Å². The summed E-state index contributed by atoms with van der Waals surface area (Å²) >= 11 is 0. The van der Waals surface area contributed by atoms with E-state index in [4.69, 9.17) is 4.74 Å². The molecule has 3 aliphatic rings. The number of likely N-dealkylation sites (tertiary alicyclic amines) is 1. The summed E-state index contributed by atoms with van der Waals surface area (Å²) in [5, 5.41) is 9.26. The number of benzene rings is 1. The highest BCUT2D eigenvalue weighted by Gasteiger charge is 2.52. The van der Waals surface area contributed by atoms with Crippen molar-refractivity contribution in [3.05, 3.63) is 24.3 Å². The quantitative estimate of drug-likeness (QED) is 0.457. The highest BCUT2D eigenvalue weighted by atomic mass is 32.2. The van der Waals surface area contributed by atoms with Gasteiger partial charge in [0.1, 0.15) is 11.8 Å². The van der Waals surface area contributed by atoms with Gasteiger partial charge in [0.15, 0.2) is 0 Å². The average molecular weight is 480 g/mol. The first-order valence-electron chi connectivity index (χ1n) is 11.7. The van der Waals surface area contributed by atoms with Crippen LogP contribution in [0.15, 0.2) is 29.2 Å². The predicted molar refractivity (Wildman–Crippen MR) is 120 cm³/mol. The molecule has 2 amide bonds. The number of hydrogen-bond acceptors (Lipinski definition) is 6. The number of carbonyl (C=O) groups is 2. The van der Waals surface area contributed by atoms with Gasteiger partial charge >= 0.3 is 0 Å². The fourth-order valence-electron chi connectivity index (χ4n) is 5.69. The zero-order valence-corrected chi connectivity index (χ0v) is 19.8. The van der Waals surface area contributed by atoms with Crippen LogP contribution in [0.3, 0.4) is 0 Å². The lowest BCUT2D eigenvalue weighted by atomic mass is 9.91. The zero-order valence-electron chi connectivity index (χ0n) is 19.0. The van der Waals surface area contributed by atoms with Crippen LogP contribution in [0.25, 0.3) is 0 Å². The van der Waals surface area contributed by atoms with E-state index in [1.54, 1.807) is 22.5 Å². The molecule has 9 nitrogen and oxygen atoms in total. The molecular formula is C23H33N3O6S. The molecule has 2 N–H and O–H groups in total. The van der Waals surface area contributed by atoms with E-state index in [9.17, 15) is 23.2 Å². The lowest BCUT2D eigenvalue weighted by molar-refractivity contribution is -0.133. The summed E-state index contributed by atoms with van der Waals surface area (Å²) in [6.07, 6.45) is 7.14. The van der Waals surface area contributed by atoms with E-state index in [-0.39, 0.29) is 23.3 Å². The molecule has 3 fully saturated rings. The van der Waals surface area contributed by atoms with E-state index in [1.807, 2.05) is 0 Å². The minimum Gasteiger partial charge on any atom is -0.497 e. The van der Waals surface area contributed by atoms with Crippen molar-refractivity contribution in [1.82, 2.24) is 14.7 Å². The molecule has 182 valence electrons. The Morgan fingerprint density at radius 2 is 1.85 bits per heavy atom. The number of methoxy groups -OCH3 is 1. The van der Waals surface area contributed by atoms with Gasteiger partial charge in [-0.25, -0.2) is 13.9 Å². The van der Waals surface area contributed by atoms with Crippen molar-refractivity contribution in [2.75, 3.05) is 20.2 Å². The Morgan fingerprint density at radius 3 is 2.48 bits per heavy atom. The van der Waals surface area contributed by atoms with Crippen molar-refractivity contribution in [1.29, 1.82) is 0 Å². The normalized spacial score (nSPS) is 26.2. The number of piperidine rings is 1. The zero-order chi connectivity index (χ0) is 23.6. The van der Waals surface area contributed by atoms with Crippen LogP contribution in [0.1, 0.15) is 51.4 Å². The molecule has 4 rings (SSSR count). The van der Waals surface area contributed by atoms with E-state index < -0.39 is 28.0 Å². The predicted octanol–water partition coefficient (Wildman–Crippen LogP) is 2.15. The molecule has 1 aliphatic carbocycles. The molecule has 2 heterocycles. The van der Waals surface area contributed by atoms with Crippen molar-refractivity contribution in [3.8, 4) is 5.75 Å². The van der Waals surface area contributed by atoms with Crippen LogP contribution in [0.2, 0.25) is 0 Å². The molecule has 0 radical (unpaired) electrons. The number of hydrogen-bond donors (Lipinski definition) is 2. The lowest BCUT2D eigenvalue weighted by Crippen LogP contribution is -2.54. The maximum Gasteiger partial charge on any atom is 0.261 e. The number of sulfonamides is 1. The van der Waals surface area contributed by atoms with Crippen molar-refractivity contribution in [3.63, 3.8) is 0 Å². The summed E-state index contributed by atoms with van der Waals surface area (Å²) < 4.78 is 33.6. The van der Waals surface area contributed by atoms with Gasteiger partial charge in [0.2, 0.25) is 15.9 Å². The van der Waals surface area contributed by atoms with Gasteiger partial charge in [-0.15, -0.1) is 0 Å². The molecule has 2 unspecified atom stereocenters. The molecule has 10 heteroatoms. The van der Waals surface area contributed by atoms with Gasteiger partial charge < -0.3 is 9.64 Å². The number of carbonyl (C=O) groups excluding carboxylic acids is 2. The maximum absolute atomic E-state index is 13.6. The van der Waals surface area contributed by atoms with Crippen LogP contribution < -0.4 is 10.2 Å². The maximum atomic E-state index is 13.6. The first-order valence-corrected chi connectivity index (χ1v) is 13.2. The van der Waals surface area contributed by atoms with Crippen molar-refractivity contribution in [2.24, 2.45) is 11.8 Å². The highest BCUT2D eigenvalue weighted by molar-refractivity contribution is 7.89. The van der Waals surface area contributed by atoms with Gasteiger partial charge in [-0.2, -0.15) is 4.31 Å². The second-order valence-electron chi connectivity index (χ2n) is 9.38. The summed E-state index contributed by atoms with van der Waals surface area (Å²) in [4.78, 5) is 27.2. The SMILES string of the molecule is COc1ccc(S(=O)(=O)N2C3CN(C(=O)CCC4CCCC4)CCC3C[C@H]2C(=O)NO)cc1. The monoisotopic (exact) mass is 479 g/mol. The smallest absolute Gasteiger partial charge is 0.261 e. The Labute approximate surface area is 195 Å². The molecule has 2 aliphatic heterocycles. The van der Waals surface area contributed by atoms with Crippen LogP contribution in [-0.2, 0) is 19.6 Å². The Kier molecular flexibility index (Phi) is 7.25. The lowest BCUT2D eigenvalue weighted by Gasteiger charge is -2.38. The van der Waals surface area contributed by atoms with Gasteiger partial charge in [0.25, 0.3) is 5.91 Å². The van der Waals surface area contributed by atoms with Gasteiger partial charge in [-0.1, -0.05) is 25.7 Å². The highest BCUT2D eigenvalue weighted by Crippen LogP contribution is 2.40. The number of amides is 2. The summed E-state index contributed by atoms with van der Waals surface area (Å²) in [7, 11) is -2.55. The third kappa shape index (κ3) is 4.88. The molecule has 1 saturated carbocycles. The molecule has 1 aromatic carbocycles. The third-order valence-corrected chi connectivity index (χ3v) is 9.47. The third-order valence-electron chi connectivity index (χ3n) is 7.52. The molecule has 2 saturated heterocycles. The second-order valence-corrected chi connectivity index (χ2v) is 11.2. The van der Waals surface area contributed by atoms with Gasteiger partial charge in [-0.3, -0.25) is 14.8 Å². The minimum absolute atomic E-state index is 0.0457. The first kappa shape index (κ1) is 24.0. The average Bonchev–Trinajstić information content (AvgIpc) is 3.49. The topological polar surface area (TPSA) is 116 Å². The summed E-state index contributed by atoms with van der Waals surface area (Å²) in [5.74, 6) is 0.383.